The van der Waals surface area contributed by atoms with Gasteiger partial charge in [0.15, 0.2) is 11.6 Å². The summed E-state index contributed by atoms with van der Waals surface area (Å²) in [6.07, 6.45) is 3.87. The number of nitro benzene ring substituents is 1. The zero-order valence-electron chi connectivity index (χ0n) is 10.7. The third-order valence-electron chi connectivity index (χ3n) is 3.52. The molecule has 4 nitrogen and oxygen atoms in total. The summed E-state index contributed by atoms with van der Waals surface area (Å²) in [5.74, 6) is -1.30. The van der Waals surface area contributed by atoms with E-state index in [4.69, 9.17) is 0 Å². The van der Waals surface area contributed by atoms with Crippen molar-refractivity contribution < 1.29 is 13.7 Å². The summed E-state index contributed by atoms with van der Waals surface area (Å²) in [4.78, 5) is 9.69. The Morgan fingerprint density at radius 2 is 1.95 bits per heavy atom. The molecule has 0 bridgehead atoms. The molecular weight excluding hydrogens is 254 g/mol. The van der Waals surface area contributed by atoms with Crippen molar-refractivity contribution in [1.29, 1.82) is 0 Å². The van der Waals surface area contributed by atoms with E-state index in [1.165, 1.54) is 0 Å². The van der Waals surface area contributed by atoms with E-state index in [9.17, 15) is 18.9 Å². The monoisotopic (exact) mass is 270 g/mol. The van der Waals surface area contributed by atoms with Gasteiger partial charge in [-0.05, 0) is 18.8 Å². The lowest BCUT2D eigenvalue weighted by Crippen LogP contribution is -2.27. The highest BCUT2D eigenvalue weighted by Crippen LogP contribution is 2.30. The number of nitrogens with zero attached hydrogens (tertiary/aromatic N) is 1. The predicted molar refractivity (Wildman–Crippen MR) is 68.1 cm³/mol. The number of rotatable bonds is 3. The Kier molecular flexibility index (Phi) is 3.97. The lowest BCUT2D eigenvalue weighted by Gasteiger charge is -2.28. The number of hydrogen-bond acceptors (Lipinski definition) is 3. The average Bonchev–Trinajstić information content (AvgIpc) is 2.33. The summed E-state index contributed by atoms with van der Waals surface area (Å²) >= 11 is 0. The van der Waals surface area contributed by atoms with Gasteiger partial charge in [0.2, 0.25) is 0 Å². The quantitative estimate of drug-likeness (QED) is 0.670. The highest BCUT2D eigenvalue weighted by molar-refractivity contribution is 5.52. The van der Waals surface area contributed by atoms with Gasteiger partial charge >= 0.3 is 0 Å². The molecule has 1 aliphatic carbocycles. The van der Waals surface area contributed by atoms with Crippen molar-refractivity contribution in [3.63, 3.8) is 0 Å². The van der Waals surface area contributed by atoms with Gasteiger partial charge in [0, 0.05) is 6.04 Å². The maximum atomic E-state index is 13.7. The van der Waals surface area contributed by atoms with Gasteiger partial charge in [-0.25, -0.2) is 8.78 Å². The fourth-order valence-corrected chi connectivity index (χ4v) is 2.57. The van der Waals surface area contributed by atoms with Crippen molar-refractivity contribution in [1.82, 2.24) is 0 Å². The number of anilines is 1. The molecule has 1 aromatic rings. The molecule has 1 N–H and O–H groups in total. The highest BCUT2D eigenvalue weighted by Gasteiger charge is 2.23. The molecular formula is C13H16F2N2O2. The van der Waals surface area contributed by atoms with Crippen LogP contribution in [0, 0.1) is 27.7 Å². The smallest absolute Gasteiger partial charge is 0.275 e. The van der Waals surface area contributed by atoms with Crippen LogP contribution in [0.3, 0.4) is 0 Å². The molecule has 0 heterocycles. The van der Waals surface area contributed by atoms with E-state index in [2.05, 4.69) is 12.2 Å². The number of nitrogens with one attached hydrogen (secondary N) is 1. The maximum Gasteiger partial charge on any atom is 0.275 e. The molecule has 0 radical (unpaired) electrons. The van der Waals surface area contributed by atoms with Crippen molar-refractivity contribution >= 4 is 11.4 Å². The molecule has 1 saturated carbocycles. The normalized spacial score (nSPS) is 23.1. The summed E-state index contributed by atoms with van der Waals surface area (Å²) < 4.78 is 27.4. The van der Waals surface area contributed by atoms with Crippen LogP contribution in [0.2, 0.25) is 0 Å². The molecule has 0 saturated heterocycles. The standard InChI is InChI=1S/C13H16F2N2O2/c1-8-3-2-4-9(5-8)16-13-11(14)6-10(17(18)19)7-12(13)15/h6-9,16H,2-5H2,1H3. The molecule has 2 atom stereocenters. The largest absolute Gasteiger partial charge is 0.378 e. The van der Waals surface area contributed by atoms with Gasteiger partial charge in [0.25, 0.3) is 5.69 Å². The fourth-order valence-electron chi connectivity index (χ4n) is 2.57. The Bertz CT molecular complexity index is 471. The molecule has 2 unspecified atom stereocenters. The Hall–Kier alpha value is -1.72. The minimum atomic E-state index is -0.912. The third-order valence-corrected chi connectivity index (χ3v) is 3.52. The summed E-state index contributed by atoms with van der Waals surface area (Å²) in [5, 5.41) is 13.3. The second-order valence-electron chi connectivity index (χ2n) is 5.15. The molecule has 1 aliphatic rings. The fraction of sp³-hybridized carbons (Fsp3) is 0.538. The van der Waals surface area contributed by atoms with Crippen LogP contribution < -0.4 is 5.32 Å². The first-order valence-corrected chi connectivity index (χ1v) is 6.37. The van der Waals surface area contributed by atoms with E-state index in [0.29, 0.717) is 5.92 Å². The molecule has 0 aliphatic heterocycles. The molecule has 6 heteroatoms. The van der Waals surface area contributed by atoms with Crippen molar-refractivity contribution in [3.8, 4) is 0 Å². The van der Waals surface area contributed by atoms with E-state index in [-0.39, 0.29) is 11.7 Å². The topological polar surface area (TPSA) is 55.2 Å². The minimum Gasteiger partial charge on any atom is -0.378 e. The van der Waals surface area contributed by atoms with Crippen LogP contribution in [0.1, 0.15) is 32.6 Å². The summed E-state index contributed by atoms with van der Waals surface area (Å²) in [7, 11) is 0. The molecule has 104 valence electrons. The Morgan fingerprint density at radius 3 is 2.47 bits per heavy atom. The summed E-state index contributed by atoms with van der Waals surface area (Å²) in [6, 6.07) is 1.52. The molecule has 0 amide bonds. The average molecular weight is 270 g/mol. The molecule has 2 rings (SSSR count). The number of non-ortho nitro benzene ring substituents is 1. The zero-order valence-corrected chi connectivity index (χ0v) is 10.7. The van der Waals surface area contributed by atoms with Crippen LogP contribution in [-0.4, -0.2) is 11.0 Å². The van der Waals surface area contributed by atoms with E-state index >= 15 is 0 Å². The van der Waals surface area contributed by atoms with E-state index < -0.39 is 22.2 Å². The third kappa shape index (κ3) is 3.19. The molecule has 0 spiro atoms. The van der Waals surface area contributed by atoms with Crippen molar-refractivity contribution in [2.75, 3.05) is 5.32 Å². The van der Waals surface area contributed by atoms with Gasteiger partial charge in [-0.15, -0.1) is 0 Å². The van der Waals surface area contributed by atoms with Crippen molar-refractivity contribution in [3.05, 3.63) is 33.9 Å². The van der Waals surface area contributed by atoms with Crippen molar-refractivity contribution in [2.45, 2.75) is 38.6 Å². The van der Waals surface area contributed by atoms with Crippen LogP contribution in [0.4, 0.5) is 20.2 Å². The predicted octanol–water partition coefficient (Wildman–Crippen LogP) is 3.86. The Labute approximate surface area is 110 Å². The van der Waals surface area contributed by atoms with Crippen LogP contribution in [0.5, 0.6) is 0 Å². The van der Waals surface area contributed by atoms with Crippen molar-refractivity contribution in [2.24, 2.45) is 5.92 Å². The lowest BCUT2D eigenvalue weighted by atomic mass is 9.87. The van der Waals surface area contributed by atoms with E-state index in [0.717, 1.165) is 37.8 Å². The SMILES string of the molecule is CC1CCCC(Nc2c(F)cc([N+](=O)[O-])cc2F)C1. The number of nitro groups is 1. The second kappa shape index (κ2) is 5.50. The Balaban J connectivity index is 2.18. The highest BCUT2D eigenvalue weighted by atomic mass is 19.1. The molecule has 19 heavy (non-hydrogen) atoms. The van der Waals surface area contributed by atoms with Crippen LogP contribution in [0.15, 0.2) is 12.1 Å². The zero-order chi connectivity index (χ0) is 14.0. The molecule has 1 fully saturated rings. The maximum absolute atomic E-state index is 13.7. The van der Waals surface area contributed by atoms with E-state index in [1.54, 1.807) is 0 Å². The van der Waals surface area contributed by atoms with Gasteiger partial charge in [0.1, 0.15) is 5.69 Å². The van der Waals surface area contributed by atoms with Crippen LogP contribution in [-0.2, 0) is 0 Å². The lowest BCUT2D eigenvalue weighted by molar-refractivity contribution is -0.385. The second-order valence-corrected chi connectivity index (χ2v) is 5.15. The molecule has 0 aromatic heterocycles. The first kappa shape index (κ1) is 13.7. The van der Waals surface area contributed by atoms with Gasteiger partial charge in [0.05, 0.1) is 17.1 Å². The van der Waals surface area contributed by atoms with Crippen LogP contribution >= 0.6 is 0 Å². The van der Waals surface area contributed by atoms with Gasteiger partial charge < -0.3 is 5.32 Å². The first-order chi connectivity index (χ1) is 8.97. The van der Waals surface area contributed by atoms with Crippen LogP contribution in [0.25, 0.3) is 0 Å². The van der Waals surface area contributed by atoms with Gasteiger partial charge in [-0.2, -0.15) is 0 Å². The number of benzene rings is 1. The summed E-state index contributed by atoms with van der Waals surface area (Å²) in [5.41, 5.74) is -0.831. The Morgan fingerprint density at radius 1 is 1.32 bits per heavy atom. The first-order valence-electron chi connectivity index (χ1n) is 6.37. The van der Waals surface area contributed by atoms with Gasteiger partial charge in [-0.1, -0.05) is 19.8 Å². The molecule has 1 aromatic carbocycles. The van der Waals surface area contributed by atoms with E-state index in [1.807, 2.05) is 0 Å². The van der Waals surface area contributed by atoms with Gasteiger partial charge in [-0.3, -0.25) is 10.1 Å². The minimum absolute atomic E-state index is 0.0224. The number of halogens is 2. The number of hydrogen-bond donors (Lipinski definition) is 1. The summed E-state index contributed by atoms with van der Waals surface area (Å²) in [6.45, 7) is 2.11.